The first-order valence-electron chi connectivity index (χ1n) is 5.93. The summed E-state index contributed by atoms with van der Waals surface area (Å²) in [4.78, 5) is 24.0. The Morgan fingerprint density at radius 2 is 2.26 bits per heavy atom. The van der Waals surface area contributed by atoms with Crippen molar-refractivity contribution in [1.29, 1.82) is 0 Å². The fraction of sp³-hybridized carbons (Fsp3) is 0.231. The molecule has 0 bridgehead atoms. The number of hydrogen-bond donors (Lipinski definition) is 2. The second-order valence-corrected chi connectivity index (χ2v) is 4.22. The normalized spacial score (nSPS) is 11.8. The molecule has 0 radical (unpaired) electrons. The van der Waals surface area contributed by atoms with Gasteiger partial charge in [0.2, 0.25) is 0 Å². The van der Waals surface area contributed by atoms with Crippen molar-refractivity contribution in [3.63, 3.8) is 0 Å². The molecule has 2 aromatic heterocycles. The van der Waals surface area contributed by atoms with Gasteiger partial charge in [-0.2, -0.15) is 0 Å². The van der Waals surface area contributed by atoms with Gasteiger partial charge in [0.05, 0.1) is 5.69 Å². The van der Waals surface area contributed by atoms with Gasteiger partial charge in [0.25, 0.3) is 5.91 Å². The van der Waals surface area contributed by atoms with Crippen LogP contribution in [0, 0.1) is 0 Å². The molecule has 0 spiro atoms. The Bertz CT molecular complexity index is 558. The van der Waals surface area contributed by atoms with E-state index in [0.717, 1.165) is 5.69 Å². The molecular formula is C13H15N5O. The number of nitrogen functional groups attached to an aromatic ring is 1. The van der Waals surface area contributed by atoms with Crippen LogP contribution >= 0.6 is 0 Å². The molecule has 0 aliphatic carbocycles. The van der Waals surface area contributed by atoms with Crippen LogP contribution in [0.1, 0.15) is 23.1 Å². The summed E-state index contributed by atoms with van der Waals surface area (Å²) < 4.78 is 0. The lowest BCUT2D eigenvalue weighted by molar-refractivity contribution is 0.0935. The predicted octanol–water partition coefficient (Wildman–Crippen LogP) is 0.815. The van der Waals surface area contributed by atoms with Crippen molar-refractivity contribution in [3.05, 3.63) is 48.2 Å². The summed E-state index contributed by atoms with van der Waals surface area (Å²) in [5, 5.41) is 2.85. The third-order valence-corrected chi connectivity index (χ3v) is 2.51. The van der Waals surface area contributed by atoms with Crippen molar-refractivity contribution in [2.45, 2.75) is 19.4 Å². The minimum absolute atomic E-state index is 0.0626. The maximum atomic E-state index is 11.9. The number of amides is 1. The summed E-state index contributed by atoms with van der Waals surface area (Å²) in [7, 11) is 0. The van der Waals surface area contributed by atoms with Crippen LogP contribution in [0.3, 0.4) is 0 Å². The summed E-state index contributed by atoms with van der Waals surface area (Å²) in [5.41, 5.74) is 6.68. The van der Waals surface area contributed by atoms with Crippen LogP contribution in [0.4, 0.5) is 5.82 Å². The van der Waals surface area contributed by atoms with E-state index in [9.17, 15) is 4.79 Å². The van der Waals surface area contributed by atoms with Crippen LogP contribution < -0.4 is 11.1 Å². The van der Waals surface area contributed by atoms with Gasteiger partial charge < -0.3 is 11.1 Å². The molecular weight excluding hydrogens is 242 g/mol. The second-order valence-electron chi connectivity index (χ2n) is 4.22. The van der Waals surface area contributed by atoms with Crippen molar-refractivity contribution in [3.8, 4) is 0 Å². The Kier molecular flexibility index (Phi) is 4.02. The molecule has 1 atom stereocenters. The third-order valence-electron chi connectivity index (χ3n) is 2.51. The Balaban J connectivity index is 1.95. The molecule has 0 unspecified atom stereocenters. The maximum Gasteiger partial charge on any atom is 0.270 e. The number of rotatable bonds is 4. The molecule has 98 valence electrons. The summed E-state index contributed by atoms with van der Waals surface area (Å²) in [6.45, 7) is 1.90. The van der Waals surface area contributed by atoms with E-state index in [4.69, 9.17) is 5.73 Å². The van der Waals surface area contributed by atoms with Crippen molar-refractivity contribution >= 4 is 11.7 Å². The van der Waals surface area contributed by atoms with Gasteiger partial charge in [0, 0.05) is 31.1 Å². The molecule has 2 heterocycles. The van der Waals surface area contributed by atoms with Gasteiger partial charge in [-0.05, 0) is 19.1 Å². The van der Waals surface area contributed by atoms with Crippen molar-refractivity contribution in [2.24, 2.45) is 0 Å². The average molecular weight is 257 g/mol. The summed E-state index contributed by atoms with van der Waals surface area (Å²) >= 11 is 0. The molecule has 2 rings (SSSR count). The van der Waals surface area contributed by atoms with Crippen molar-refractivity contribution in [1.82, 2.24) is 20.3 Å². The van der Waals surface area contributed by atoms with E-state index in [-0.39, 0.29) is 11.9 Å². The first-order chi connectivity index (χ1) is 9.15. The first kappa shape index (κ1) is 12.9. The van der Waals surface area contributed by atoms with Gasteiger partial charge in [-0.25, -0.2) is 4.98 Å². The van der Waals surface area contributed by atoms with Gasteiger partial charge in [0.15, 0.2) is 0 Å². The number of aromatic nitrogens is 3. The molecule has 0 saturated carbocycles. The molecule has 6 heteroatoms. The topological polar surface area (TPSA) is 93.8 Å². The van der Waals surface area contributed by atoms with E-state index in [1.807, 2.05) is 6.92 Å². The summed E-state index contributed by atoms with van der Waals surface area (Å²) in [6, 6.07) is 4.90. The number of nitrogens with zero attached hydrogens (tertiary/aromatic N) is 3. The van der Waals surface area contributed by atoms with Crippen molar-refractivity contribution < 1.29 is 4.79 Å². The number of nitrogens with two attached hydrogens (primary N) is 1. The lowest BCUT2D eigenvalue weighted by Gasteiger charge is -2.12. The van der Waals surface area contributed by atoms with E-state index < -0.39 is 0 Å². The van der Waals surface area contributed by atoms with Crippen LogP contribution in [0.5, 0.6) is 0 Å². The van der Waals surface area contributed by atoms with Gasteiger partial charge in [-0.15, -0.1) is 0 Å². The van der Waals surface area contributed by atoms with Crippen LogP contribution in [-0.4, -0.2) is 26.9 Å². The highest BCUT2D eigenvalue weighted by atomic mass is 16.1. The minimum atomic E-state index is -0.247. The van der Waals surface area contributed by atoms with Crippen LogP contribution in [0.25, 0.3) is 0 Å². The predicted molar refractivity (Wildman–Crippen MR) is 71.3 cm³/mol. The van der Waals surface area contributed by atoms with E-state index in [2.05, 4.69) is 20.3 Å². The van der Waals surface area contributed by atoms with E-state index in [1.165, 1.54) is 0 Å². The average Bonchev–Trinajstić information content (AvgIpc) is 2.39. The molecule has 0 aliphatic heterocycles. The maximum absolute atomic E-state index is 11.9. The quantitative estimate of drug-likeness (QED) is 0.845. The van der Waals surface area contributed by atoms with Gasteiger partial charge in [-0.3, -0.25) is 14.8 Å². The first-order valence-corrected chi connectivity index (χ1v) is 5.93. The summed E-state index contributed by atoms with van der Waals surface area (Å²) in [5.74, 6) is 0.0814. The monoisotopic (exact) mass is 257 g/mol. The molecule has 0 aromatic carbocycles. The Morgan fingerprint density at radius 3 is 2.95 bits per heavy atom. The van der Waals surface area contributed by atoms with Crippen molar-refractivity contribution in [2.75, 3.05) is 5.73 Å². The summed E-state index contributed by atoms with van der Waals surface area (Å²) in [6.07, 6.45) is 5.54. The standard InChI is InChI=1S/C13H15N5O/c1-9(7-10-8-15-5-6-16-10)17-13(19)11-3-2-4-12(14)18-11/h2-6,8-9H,7H2,1H3,(H2,14,18)(H,17,19)/t9-/m1/s1. The molecule has 0 fully saturated rings. The molecule has 0 aliphatic rings. The highest BCUT2D eigenvalue weighted by molar-refractivity contribution is 5.92. The highest BCUT2D eigenvalue weighted by Crippen LogP contribution is 2.02. The van der Waals surface area contributed by atoms with Crippen LogP contribution in [-0.2, 0) is 6.42 Å². The van der Waals surface area contributed by atoms with Gasteiger partial charge in [-0.1, -0.05) is 6.07 Å². The fourth-order valence-corrected chi connectivity index (χ4v) is 1.68. The van der Waals surface area contributed by atoms with E-state index in [1.54, 1.807) is 36.8 Å². The highest BCUT2D eigenvalue weighted by Gasteiger charge is 2.12. The Hall–Kier alpha value is -2.50. The number of hydrogen-bond acceptors (Lipinski definition) is 5. The SMILES string of the molecule is C[C@H](Cc1cnccn1)NC(=O)c1cccc(N)n1. The zero-order chi connectivity index (χ0) is 13.7. The lowest BCUT2D eigenvalue weighted by atomic mass is 10.2. The number of pyridine rings is 1. The van der Waals surface area contributed by atoms with Gasteiger partial charge in [0.1, 0.15) is 11.5 Å². The van der Waals surface area contributed by atoms with Crippen LogP contribution in [0.2, 0.25) is 0 Å². The molecule has 0 saturated heterocycles. The number of carbonyl (C=O) groups excluding carboxylic acids is 1. The lowest BCUT2D eigenvalue weighted by Crippen LogP contribution is -2.34. The Morgan fingerprint density at radius 1 is 1.42 bits per heavy atom. The van der Waals surface area contributed by atoms with E-state index >= 15 is 0 Å². The largest absolute Gasteiger partial charge is 0.384 e. The zero-order valence-corrected chi connectivity index (χ0v) is 10.6. The molecule has 19 heavy (non-hydrogen) atoms. The minimum Gasteiger partial charge on any atom is -0.384 e. The number of anilines is 1. The number of nitrogens with one attached hydrogen (secondary N) is 1. The number of carbonyl (C=O) groups is 1. The van der Waals surface area contributed by atoms with Gasteiger partial charge >= 0.3 is 0 Å². The Labute approximate surface area is 111 Å². The van der Waals surface area contributed by atoms with Crippen LogP contribution in [0.15, 0.2) is 36.8 Å². The smallest absolute Gasteiger partial charge is 0.270 e. The molecule has 6 nitrogen and oxygen atoms in total. The van der Waals surface area contributed by atoms with E-state index in [0.29, 0.717) is 17.9 Å². The molecule has 1 amide bonds. The fourth-order valence-electron chi connectivity index (χ4n) is 1.68. The second kappa shape index (κ2) is 5.90. The third kappa shape index (κ3) is 3.74. The zero-order valence-electron chi connectivity index (χ0n) is 10.6. The molecule has 2 aromatic rings. The molecule has 3 N–H and O–H groups in total.